The van der Waals surface area contributed by atoms with Gasteiger partial charge >= 0.3 is 6.18 Å². The molecule has 106 valence electrons. The molecule has 0 amide bonds. The third kappa shape index (κ3) is 2.14. The fourth-order valence-electron chi connectivity index (χ4n) is 2.28. The minimum absolute atomic E-state index is 0.150. The summed E-state index contributed by atoms with van der Waals surface area (Å²) in [5.41, 5.74) is 1.67. The lowest BCUT2D eigenvalue weighted by atomic mass is 10.0. The molecule has 2 nitrogen and oxygen atoms in total. The summed E-state index contributed by atoms with van der Waals surface area (Å²) in [6, 6.07) is 5.21. The van der Waals surface area contributed by atoms with Gasteiger partial charge in [-0.2, -0.15) is 13.2 Å². The first-order valence-electron chi connectivity index (χ1n) is 6.08. The molecule has 3 rings (SSSR count). The van der Waals surface area contributed by atoms with Crippen LogP contribution in [0, 0.1) is 0 Å². The molecule has 1 aliphatic heterocycles. The topological polar surface area (TPSA) is 18.5 Å². The van der Waals surface area contributed by atoms with E-state index in [4.69, 9.17) is 9.47 Å². The van der Waals surface area contributed by atoms with Gasteiger partial charge in [-0.05, 0) is 40.6 Å². The highest BCUT2D eigenvalue weighted by molar-refractivity contribution is 7.10. The summed E-state index contributed by atoms with van der Waals surface area (Å²) >= 11 is 0.739. The van der Waals surface area contributed by atoms with Gasteiger partial charge in [0.25, 0.3) is 0 Å². The molecule has 0 saturated carbocycles. The largest absolute Gasteiger partial charge is 0.454 e. The van der Waals surface area contributed by atoms with Gasteiger partial charge in [0.1, 0.15) is 4.88 Å². The maximum Gasteiger partial charge on any atom is 0.425 e. The molecule has 0 spiro atoms. The molecular formula is C14H11F3O2S. The highest BCUT2D eigenvalue weighted by Crippen LogP contribution is 2.43. The molecule has 0 saturated heterocycles. The zero-order valence-corrected chi connectivity index (χ0v) is 11.4. The van der Waals surface area contributed by atoms with Crippen molar-refractivity contribution < 1.29 is 22.6 Å². The van der Waals surface area contributed by atoms with Crippen molar-refractivity contribution in [1.29, 1.82) is 0 Å². The van der Waals surface area contributed by atoms with E-state index in [1.165, 1.54) is 0 Å². The lowest BCUT2D eigenvalue weighted by molar-refractivity contribution is -0.134. The first kappa shape index (κ1) is 13.3. The Morgan fingerprint density at radius 1 is 1.20 bits per heavy atom. The third-order valence-electron chi connectivity index (χ3n) is 3.19. The summed E-state index contributed by atoms with van der Waals surface area (Å²) in [4.78, 5) is -0.521. The average molecular weight is 300 g/mol. The predicted molar refractivity (Wildman–Crippen MR) is 70.3 cm³/mol. The Hall–Kier alpha value is -1.69. The maximum atomic E-state index is 12.9. The summed E-state index contributed by atoms with van der Waals surface area (Å²) in [7, 11) is 0. The number of alkyl halides is 3. The Morgan fingerprint density at radius 3 is 2.65 bits per heavy atom. The summed E-state index contributed by atoms with van der Waals surface area (Å²) in [5, 5.41) is 1.55. The maximum absolute atomic E-state index is 12.9. The number of fused-ring (bicyclic) bond motifs is 1. The number of benzene rings is 1. The van der Waals surface area contributed by atoms with Crippen LogP contribution in [0.5, 0.6) is 11.5 Å². The fourth-order valence-corrected chi connectivity index (χ4v) is 3.32. The second kappa shape index (κ2) is 4.70. The number of rotatable bonds is 2. The van der Waals surface area contributed by atoms with Gasteiger partial charge in [-0.1, -0.05) is 13.0 Å². The van der Waals surface area contributed by atoms with Gasteiger partial charge in [-0.25, -0.2) is 0 Å². The Labute approximate surface area is 117 Å². The Balaban J connectivity index is 2.09. The van der Waals surface area contributed by atoms with Crippen LogP contribution < -0.4 is 9.47 Å². The highest BCUT2D eigenvalue weighted by atomic mass is 32.1. The van der Waals surface area contributed by atoms with Gasteiger partial charge in [0.15, 0.2) is 11.5 Å². The number of halogens is 3. The monoisotopic (exact) mass is 300 g/mol. The van der Waals surface area contributed by atoms with Crippen LogP contribution in [-0.2, 0) is 12.6 Å². The quantitative estimate of drug-likeness (QED) is 0.798. The smallest absolute Gasteiger partial charge is 0.425 e. The average Bonchev–Trinajstić information content (AvgIpc) is 3.03. The van der Waals surface area contributed by atoms with Crippen molar-refractivity contribution in [3.8, 4) is 22.6 Å². The van der Waals surface area contributed by atoms with Crippen LogP contribution >= 0.6 is 11.3 Å². The molecule has 1 aromatic heterocycles. The van der Waals surface area contributed by atoms with Crippen LogP contribution in [0.3, 0.4) is 0 Å². The van der Waals surface area contributed by atoms with E-state index in [9.17, 15) is 13.2 Å². The molecule has 0 fully saturated rings. The number of ether oxygens (including phenoxy) is 2. The van der Waals surface area contributed by atoms with Gasteiger partial charge in [0.05, 0.1) is 0 Å². The van der Waals surface area contributed by atoms with Crippen molar-refractivity contribution in [3.63, 3.8) is 0 Å². The number of hydrogen-bond donors (Lipinski definition) is 0. The standard InChI is InChI=1S/C14H11F3O2S/c1-2-9-10(6-20-13(9)14(15,16)17)8-3-4-11-12(5-8)19-7-18-11/h3-6H,2,7H2,1H3. The molecule has 2 heterocycles. The third-order valence-corrected chi connectivity index (χ3v) is 4.26. The van der Waals surface area contributed by atoms with E-state index in [1.807, 2.05) is 0 Å². The second-order valence-corrected chi connectivity index (χ2v) is 5.26. The second-order valence-electron chi connectivity index (χ2n) is 4.38. The van der Waals surface area contributed by atoms with Crippen LogP contribution in [0.15, 0.2) is 23.6 Å². The van der Waals surface area contributed by atoms with E-state index in [2.05, 4.69) is 0 Å². The van der Waals surface area contributed by atoms with Crippen LogP contribution in [-0.4, -0.2) is 6.79 Å². The highest BCUT2D eigenvalue weighted by Gasteiger charge is 2.36. The van der Waals surface area contributed by atoms with Gasteiger partial charge in [0, 0.05) is 0 Å². The van der Waals surface area contributed by atoms with E-state index in [-0.39, 0.29) is 6.79 Å². The Morgan fingerprint density at radius 2 is 1.95 bits per heavy atom. The molecule has 1 aliphatic rings. The summed E-state index contributed by atoms with van der Waals surface area (Å²) in [5.74, 6) is 1.20. The minimum atomic E-state index is -4.30. The van der Waals surface area contributed by atoms with Gasteiger partial charge in [-0.3, -0.25) is 0 Å². The SMILES string of the molecule is CCc1c(-c2ccc3c(c2)OCO3)csc1C(F)(F)F. The lowest BCUT2D eigenvalue weighted by Gasteiger charge is -2.09. The molecule has 0 atom stereocenters. The van der Waals surface area contributed by atoms with Crippen molar-refractivity contribution in [2.45, 2.75) is 19.5 Å². The Kier molecular flexibility index (Phi) is 3.12. The molecule has 0 N–H and O–H groups in total. The van der Waals surface area contributed by atoms with E-state index in [1.54, 1.807) is 30.5 Å². The van der Waals surface area contributed by atoms with Crippen molar-refractivity contribution in [1.82, 2.24) is 0 Å². The van der Waals surface area contributed by atoms with E-state index in [0.29, 0.717) is 29.0 Å². The lowest BCUT2D eigenvalue weighted by Crippen LogP contribution is -2.05. The molecule has 0 radical (unpaired) electrons. The van der Waals surface area contributed by atoms with Crippen LogP contribution in [0.4, 0.5) is 13.2 Å². The van der Waals surface area contributed by atoms with Crippen molar-refractivity contribution in [2.75, 3.05) is 6.79 Å². The number of hydrogen-bond acceptors (Lipinski definition) is 3. The van der Waals surface area contributed by atoms with Crippen LogP contribution in [0.25, 0.3) is 11.1 Å². The molecule has 1 aromatic carbocycles. The summed E-state index contributed by atoms with van der Waals surface area (Å²) in [6.07, 6.45) is -3.97. The van der Waals surface area contributed by atoms with Gasteiger partial charge in [0.2, 0.25) is 6.79 Å². The Bertz CT molecular complexity index is 646. The van der Waals surface area contributed by atoms with E-state index >= 15 is 0 Å². The summed E-state index contributed by atoms with van der Waals surface area (Å²) < 4.78 is 49.3. The predicted octanol–water partition coefficient (Wildman–Crippen LogP) is 4.73. The van der Waals surface area contributed by atoms with Gasteiger partial charge in [-0.15, -0.1) is 11.3 Å². The minimum Gasteiger partial charge on any atom is -0.454 e. The molecule has 0 aliphatic carbocycles. The van der Waals surface area contributed by atoms with Crippen molar-refractivity contribution in [2.24, 2.45) is 0 Å². The zero-order chi connectivity index (χ0) is 14.3. The molecular weight excluding hydrogens is 289 g/mol. The first-order chi connectivity index (χ1) is 9.50. The first-order valence-corrected chi connectivity index (χ1v) is 6.96. The van der Waals surface area contributed by atoms with Gasteiger partial charge < -0.3 is 9.47 Å². The van der Waals surface area contributed by atoms with Crippen molar-refractivity contribution >= 4 is 11.3 Å². The summed E-state index contributed by atoms with van der Waals surface area (Å²) in [6.45, 7) is 1.88. The molecule has 20 heavy (non-hydrogen) atoms. The molecule has 0 bridgehead atoms. The fraction of sp³-hybridized carbons (Fsp3) is 0.286. The normalized spacial score (nSPS) is 13.8. The zero-order valence-electron chi connectivity index (χ0n) is 10.6. The van der Waals surface area contributed by atoms with E-state index < -0.39 is 11.1 Å². The molecule has 2 aromatic rings. The molecule has 6 heteroatoms. The van der Waals surface area contributed by atoms with Crippen molar-refractivity contribution in [3.05, 3.63) is 34.0 Å². The van der Waals surface area contributed by atoms with Crippen LogP contribution in [0.1, 0.15) is 17.4 Å². The van der Waals surface area contributed by atoms with E-state index in [0.717, 1.165) is 16.9 Å². The van der Waals surface area contributed by atoms with Crippen LogP contribution in [0.2, 0.25) is 0 Å². The molecule has 0 unspecified atom stereocenters. The number of thiophene rings is 1.